The van der Waals surface area contributed by atoms with E-state index in [0.29, 0.717) is 5.95 Å². The van der Waals surface area contributed by atoms with Crippen LogP contribution in [0.5, 0.6) is 0 Å². The Hall–Kier alpha value is -5.74. The Labute approximate surface area is 241 Å². The molecule has 0 aliphatic heterocycles. The van der Waals surface area contributed by atoms with Crippen LogP contribution in [-0.2, 0) is 0 Å². The molecule has 196 valence electrons. The van der Waals surface area contributed by atoms with E-state index in [2.05, 4.69) is 149 Å². The van der Waals surface area contributed by atoms with E-state index in [4.69, 9.17) is 9.97 Å². The van der Waals surface area contributed by atoms with Gasteiger partial charge in [-0.05, 0) is 53.2 Å². The zero-order valence-corrected chi connectivity index (χ0v) is 22.6. The lowest BCUT2D eigenvalue weighted by atomic mass is 10.0. The van der Waals surface area contributed by atoms with E-state index in [9.17, 15) is 0 Å². The number of rotatable bonds is 3. The fourth-order valence-electron chi connectivity index (χ4n) is 6.42. The van der Waals surface area contributed by atoms with Gasteiger partial charge in [-0.25, -0.2) is 9.97 Å². The average molecular weight is 537 g/mol. The second kappa shape index (κ2) is 8.88. The van der Waals surface area contributed by atoms with E-state index in [0.717, 1.165) is 49.8 Å². The van der Waals surface area contributed by atoms with Gasteiger partial charge in [0, 0.05) is 39.0 Å². The van der Waals surface area contributed by atoms with Crippen molar-refractivity contribution in [2.45, 2.75) is 0 Å². The SMILES string of the molecule is c1ccc(-n2ccc3c2ccc2c4ccccc4n(-c4nc(-c5ccc6ccccc6c5)c5ccccc5n4)c23)cc1. The molecule has 42 heavy (non-hydrogen) atoms. The first-order valence-electron chi connectivity index (χ1n) is 14.2. The topological polar surface area (TPSA) is 35.6 Å². The average Bonchev–Trinajstić information content (AvgIpc) is 3.64. The van der Waals surface area contributed by atoms with Crippen LogP contribution in [0.25, 0.3) is 77.3 Å². The largest absolute Gasteiger partial charge is 0.316 e. The van der Waals surface area contributed by atoms with Crippen LogP contribution >= 0.6 is 0 Å². The molecule has 0 saturated heterocycles. The van der Waals surface area contributed by atoms with Crippen LogP contribution in [0.2, 0.25) is 0 Å². The van der Waals surface area contributed by atoms with Gasteiger partial charge in [-0.1, -0.05) is 97.1 Å². The van der Waals surface area contributed by atoms with Gasteiger partial charge in [0.25, 0.3) is 0 Å². The summed E-state index contributed by atoms with van der Waals surface area (Å²) in [5.41, 5.74) is 7.42. The van der Waals surface area contributed by atoms with Gasteiger partial charge in [0.2, 0.25) is 5.95 Å². The van der Waals surface area contributed by atoms with Crippen LogP contribution < -0.4 is 0 Å². The lowest BCUT2D eigenvalue weighted by Crippen LogP contribution is -2.03. The highest BCUT2D eigenvalue weighted by Crippen LogP contribution is 2.38. The molecular formula is C38H24N4. The Morgan fingerprint density at radius 1 is 0.476 bits per heavy atom. The molecule has 4 nitrogen and oxygen atoms in total. The molecule has 9 rings (SSSR count). The van der Waals surface area contributed by atoms with E-state index in [1.165, 1.54) is 21.5 Å². The first-order chi connectivity index (χ1) is 20.8. The normalized spacial score (nSPS) is 11.8. The third-order valence-electron chi connectivity index (χ3n) is 8.35. The third kappa shape index (κ3) is 3.36. The summed E-state index contributed by atoms with van der Waals surface area (Å²) in [6.45, 7) is 0. The van der Waals surface area contributed by atoms with E-state index < -0.39 is 0 Å². The molecule has 0 aliphatic rings. The maximum atomic E-state index is 5.34. The minimum atomic E-state index is 0.669. The zero-order chi connectivity index (χ0) is 27.6. The van der Waals surface area contributed by atoms with Gasteiger partial charge in [0.1, 0.15) is 0 Å². The number of para-hydroxylation sites is 3. The molecule has 0 unspecified atom stereocenters. The van der Waals surface area contributed by atoms with Crippen molar-refractivity contribution in [1.29, 1.82) is 0 Å². The van der Waals surface area contributed by atoms with Crippen molar-refractivity contribution in [1.82, 2.24) is 19.1 Å². The summed E-state index contributed by atoms with van der Waals surface area (Å²) in [6, 6.07) is 49.1. The van der Waals surface area contributed by atoms with Crippen molar-refractivity contribution in [3.8, 4) is 22.9 Å². The quantitative estimate of drug-likeness (QED) is 0.225. The third-order valence-corrected chi connectivity index (χ3v) is 8.35. The summed E-state index contributed by atoms with van der Waals surface area (Å²) >= 11 is 0. The van der Waals surface area contributed by atoms with Crippen molar-refractivity contribution in [3.05, 3.63) is 146 Å². The lowest BCUT2D eigenvalue weighted by Gasteiger charge is -2.13. The van der Waals surface area contributed by atoms with Crippen LogP contribution in [0, 0.1) is 0 Å². The highest BCUT2D eigenvalue weighted by atomic mass is 15.2. The smallest absolute Gasteiger partial charge is 0.235 e. The highest BCUT2D eigenvalue weighted by molar-refractivity contribution is 6.18. The Morgan fingerprint density at radius 3 is 2.14 bits per heavy atom. The molecule has 0 aliphatic carbocycles. The Balaban J connectivity index is 1.38. The van der Waals surface area contributed by atoms with Gasteiger partial charge in [-0.15, -0.1) is 0 Å². The van der Waals surface area contributed by atoms with Crippen molar-refractivity contribution < 1.29 is 0 Å². The molecule has 0 radical (unpaired) electrons. The van der Waals surface area contributed by atoms with Gasteiger partial charge in [-0.2, -0.15) is 0 Å². The van der Waals surface area contributed by atoms with Gasteiger partial charge in [0.05, 0.1) is 27.8 Å². The number of benzene rings is 6. The summed E-state index contributed by atoms with van der Waals surface area (Å²) in [6.07, 6.45) is 2.16. The second-order valence-electron chi connectivity index (χ2n) is 10.7. The van der Waals surface area contributed by atoms with Gasteiger partial charge in [0.15, 0.2) is 0 Å². The van der Waals surface area contributed by atoms with E-state index in [1.54, 1.807) is 0 Å². The minimum absolute atomic E-state index is 0.669. The Bertz CT molecular complexity index is 2470. The van der Waals surface area contributed by atoms with Crippen LogP contribution in [0.3, 0.4) is 0 Å². The van der Waals surface area contributed by atoms with E-state index in [-0.39, 0.29) is 0 Å². The van der Waals surface area contributed by atoms with Gasteiger partial charge in [-0.3, -0.25) is 4.57 Å². The van der Waals surface area contributed by atoms with Crippen LogP contribution in [-0.4, -0.2) is 19.1 Å². The van der Waals surface area contributed by atoms with Crippen molar-refractivity contribution >= 4 is 54.4 Å². The predicted molar refractivity (Wildman–Crippen MR) is 174 cm³/mol. The second-order valence-corrected chi connectivity index (χ2v) is 10.7. The zero-order valence-electron chi connectivity index (χ0n) is 22.6. The van der Waals surface area contributed by atoms with Crippen molar-refractivity contribution in [3.63, 3.8) is 0 Å². The Morgan fingerprint density at radius 2 is 1.24 bits per heavy atom. The summed E-state index contributed by atoms with van der Waals surface area (Å²) in [4.78, 5) is 10.5. The van der Waals surface area contributed by atoms with Crippen LogP contribution in [0.4, 0.5) is 0 Å². The number of hydrogen-bond acceptors (Lipinski definition) is 2. The predicted octanol–water partition coefficient (Wildman–Crippen LogP) is 9.49. The molecule has 0 saturated carbocycles. The standard InChI is InChI=1S/C38H24N4/c1-2-12-28(13-3-1)41-23-22-32-34(41)21-20-30-29-14-7-9-17-35(29)42(37(30)32)38-39-33-16-8-6-15-31(33)36(40-38)27-19-18-25-10-4-5-11-26(25)24-27/h1-24H. The summed E-state index contributed by atoms with van der Waals surface area (Å²) in [7, 11) is 0. The van der Waals surface area contributed by atoms with Crippen LogP contribution in [0.15, 0.2) is 146 Å². The molecule has 4 heteroatoms. The van der Waals surface area contributed by atoms with Crippen LogP contribution in [0.1, 0.15) is 0 Å². The fourth-order valence-corrected chi connectivity index (χ4v) is 6.42. The number of aromatic nitrogens is 4. The number of hydrogen-bond donors (Lipinski definition) is 0. The molecule has 0 fully saturated rings. The molecule has 0 spiro atoms. The number of nitrogens with zero attached hydrogens (tertiary/aromatic N) is 4. The molecule has 3 heterocycles. The molecule has 6 aromatic carbocycles. The molecule has 0 amide bonds. The molecule has 0 atom stereocenters. The van der Waals surface area contributed by atoms with Gasteiger partial charge >= 0.3 is 0 Å². The van der Waals surface area contributed by atoms with E-state index >= 15 is 0 Å². The summed E-state index contributed by atoms with van der Waals surface area (Å²) < 4.78 is 4.50. The van der Waals surface area contributed by atoms with Crippen molar-refractivity contribution in [2.75, 3.05) is 0 Å². The fraction of sp³-hybridized carbons (Fsp3) is 0. The Kier molecular flexibility index (Phi) is 4.87. The molecule has 0 N–H and O–H groups in total. The molecular weight excluding hydrogens is 512 g/mol. The monoisotopic (exact) mass is 536 g/mol. The number of fused-ring (bicyclic) bond motifs is 7. The highest BCUT2D eigenvalue weighted by Gasteiger charge is 2.20. The minimum Gasteiger partial charge on any atom is -0.316 e. The van der Waals surface area contributed by atoms with Crippen molar-refractivity contribution in [2.24, 2.45) is 0 Å². The first-order valence-corrected chi connectivity index (χ1v) is 14.2. The first kappa shape index (κ1) is 23.0. The molecule has 0 bridgehead atoms. The molecule has 9 aromatic rings. The summed E-state index contributed by atoms with van der Waals surface area (Å²) in [5.74, 6) is 0.669. The lowest BCUT2D eigenvalue weighted by molar-refractivity contribution is 1.02. The maximum absolute atomic E-state index is 5.34. The molecule has 3 aromatic heterocycles. The van der Waals surface area contributed by atoms with E-state index in [1.807, 2.05) is 6.07 Å². The van der Waals surface area contributed by atoms with Gasteiger partial charge < -0.3 is 4.57 Å². The maximum Gasteiger partial charge on any atom is 0.235 e. The summed E-state index contributed by atoms with van der Waals surface area (Å²) in [5, 5.41) is 6.99.